The van der Waals surface area contributed by atoms with Gasteiger partial charge in [-0.3, -0.25) is 4.57 Å². The molecule has 4 aromatic rings. The van der Waals surface area contributed by atoms with Gasteiger partial charge in [0.05, 0.1) is 23.1 Å². The number of primary amides is 1. The van der Waals surface area contributed by atoms with E-state index in [1.165, 1.54) is 18.7 Å². The van der Waals surface area contributed by atoms with Crippen molar-refractivity contribution in [3.05, 3.63) is 54.4 Å². The van der Waals surface area contributed by atoms with E-state index in [0.29, 0.717) is 45.9 Å². The van der Waals surface area contributed by atoms with Gasteiger partial charge in [-0.2, -0.15) is 9.78 Å². The highest BCUT2D eigenvalue weighted by Gasteiger charge is 2.23. The maximum atomic E-state index is 11.9. The lowest BCUT2D eigenvalue weighted by Crippen LogP contribution is -2.23. The maximum Gasteiger partial charge on any atom is 0.416 e. The zero-order valence-corrected chi connectivity index (χ0v) is 18.3. The van der Waals surface area contributed by atoms with Crippen molar-refractivity contribution in [2.75, 3.05) is 7.05 Å². The summed E-state index contributed by atoms with van der Waals surface area (Å²) in [7, 11) is 1.82. The van der Waals surface area contributed by atoms with Crippen LogP contribution in [0.15, 0.2) is 43.0 Å². The SMILES string of the molecule is CNCc1cc(Oc2ccc3c(c2)c(-c2cnn(C(N)=O)c2C(C)C)cn3C(=O)O)ncn1. The third-order valence-corrected chi connectivity index (χ3v) is 5.11. The average Bonchev–Trinajstić information content (AvgIpc) is 3.36. The van der Waals surface area contributed by atoms with Crippen molar-refractivity contribution in [2.45, 2.75) is 26.3 Å². The Bertz CT molecular complexity index is 1360. The van der Waals surface area contributed by atoms with Crippen LogP contribution < -0.4 is 15.8 Å². The number of ether oxygens (including phenoxy) is 1. The maximum absolute atomic E-state index is 11.9. The summed E-state index contributed by atoms with van der Waals surface area (Å²) in [6, 6.07) is 6.07. The molecule has 4 rings (SSSR count). The normalized spacial score (nSPS) is 11.3. The molecule has 0 saturated carbocycles. The van der Waals surface area contributed by atoms with Crippen molar-refractivity contribution < 1.29 is 19.4 Å². The molecule has 3 aromatic heterocycles. The number of carboxylic acid groups (broad SMARTS) is 1. The fraction of sp³-hybridized carbons (Fsp3) is 0.227. The highest BCUT2D eigenvalue weighted by atomic mass is 16.5. The van der Waals surface area contributed by atoms with E-state index in [4.69, 9.17) is 10.5 Å². The fourth-order valence-electron chi connectivity index (χ4n) is 3.77. The van der Waals surface area contributed by atoms with Gasteiger partial charge in [-0.25, -0.2) is 19.6 Å². The van der Waals surface area contributed by atoms with Crippen molar-refractivity contribution in [3.8, 4) is 22.8 Å². The standard InChI is InChI=1S/C22H23N7O4/c1-12(2)20-16(9-27-29(20)21(23)30)17-10-28(22(31)32)18-5-4-14(7-15(17)18)33-19-6-13(8-24-3)25-11-26-19/h4-7,9-12,24H,8H2,1-3H3,(H2,23,30)(H,31,32). The second-order valence-electron chi connectivity index (χ2n) is 7.70. The molecule has 0 bridgehead atoms. The largest absolute Gasteiger partial charge is 0.464 e. The van der Waals surface area contributed by atoms with Crippen LogP contribution in [0.5, 0.6) is 11.6 Å². The first kappa shape index (κ1) is 22.0. The zero-order valence-electron chi connectivity index (χ0n) is 18.3. The van der Waals surface area contributed by atoms with Crippen LogP contribution in [0.1, 0.15) is 31.2 Å². The van der Waals surface area contributed by atoms with Crippen LogP contribution in [-0.2, 0) is 6.54 Å². The van der Waals surface area contributed by atoms with Gasteiger partial charge in [0.1, 0.15) is 12.1 Å². The Morgan fingerprint density at radius 2 is 2.00 bits per heavy atom. The van der Waals surface area contributed by atoms with E-state index >= 15 is 0 Å². The monoisotopic (exact) mass is 449 g/mol. The quantitative estimate of drug-likeness (QED) is 0.405. The Hall–Kier alpha value is -4.25. The van der Waals surface area contributed by atoms with Crippen molar-refractivity contribution in [1.82, 2.24) is 29.6 Å². The Kier molecular flexibility index (Phi) is 5.80. The van der Waals surface area contributed by atoms with Crippen molar-refractivity contribution in [3.63, 3.8) is 0 Å². The number of amides is 1. The summed E-state index contributed by atoms with van der Waals surface area (Å²) in [4.78, 5) is 32.1. The smallest absolute Gasteiger partial charge is 0.416 e. The van der Waals surface area contributed by atoms with Gasteiger partial charge in [-0.05, 0) is 31.2 Å². The number of carbonyl (C=O) groups excluding carboxylic acids is 1. The number of hydrogen-bond donors (Lipinski definition) is 3. The molecule has 3 heterocycles. The Morgan fingerprint density at radius 1 is 1.21 bits per heavy atom. The summed E-state index contributed by atoms with van der Waals surface area (Å²) in [5.41, 5.74) is 8.50. The summed E-state index contributed by atoms with van der Waals surface area (Å²) >= 11 is 0. The van der Waals surface area contributed by atoms with Gasteiger partial charge in [-0.15, -0.1) is 0 Å². The highest BCUT2D eigenvalue weighted by molar-refractivity contribution is 6.01. The van der Waals surface area contributed by atoms with Crippen LogP contribution in [0, 0.1) is 0 Å². The number of aromatic nitrogens is 5. The lowest BCUT2D eigenvalue weighted by Gasteiger charge is -2.10. The van der Waals surface area contributed by atoms with E-state index < -0.39 is 12.1 Å². The van der Waals surface area contributed by atoms with Crippen LogP contribution in [-0.4, -0.2) is 48.6 Å². The minimum atomic E-state index is -1.14. The second-order valence-corrected chi connectivity index (χ2v) is 7.70. The molecule has 0 fully saturated rings. The summed E-state index contributed by atoms with van der Waals surface area (Å²) in [6.45, 7) is 4.37. The van der Waals surface area contributed by atoms with E-state index in [0.717, 1.165) is 14.9 Å². The van der Waals surface area contributed by atoms with E-state index in [1.807, 2.05) is 20.9 Å². The number of fused-ring (bicyclic) bond motifs is 1. The molecule has 33 heavy (non-hydrogen) atoms. The van der Waals surface area contributed by atoms with Gasteiger partial charge in [0, 0.05) is 35.3 Å². The summed E-state index contributed by atoms with van der Waals surface area (Å²) in [5.74, 6) is 0.733. The van der Waals surface area contributed by atoms with Crippen molar-refractivity contribution >= 4 is 23.0 Å². The van der Waals surface area contributed by atoms with Gasteiger partial charge in [-0.1, -0.05) is 13.8 Å². The number of benzene rings is 1. The fourth-order valence-corrected chi connectivity index (χ4v) is 3.77. The van der Waals surface area contributed by atoms with Crippen molar-refractivity contribution in [2.24, 2.45) is 5.73 Å². The molecule has 1 amide bonds. The lowest BCUT2D eigenvalue weighted by atomic mass is 9.99. The minimum absolute atomic E-state index is 0.0933. The number of hydrogen-bond acceptors (Lipinski definition) is 7. The molecular weight excluding hydrogens is 426 g/mol. The summed E-state index contributed by atoms with van der Waals surface area (Å²) in [5, 5.41) is 17.5. The zero-order chi connectivity index (χ0) is 23.7. The van der Waals surface area contributed by atoms with E-state index in [9.17, 15) is 14.7 Å². The molecule has 0 spiro atoms. The molecule has 11 nitrogen and oxygen atoms in total. The van der Waals surface area contributed by atoms with Gasteiger partial charge in [0.15, 0.2) is 0 Å². The first-order valence-corrected chi connectivity index (χ1v) is 10.2. The van der Waals surface area contributed by atoms with Gasteiger partial charge in [0.25, 0.3) is 0 Å². The molecule has 0 aliphatic rings. The van der Waals surface area contributed by atoms with Gasteiger partial charge in [0.2, 0.25) is 5.88 Å². The highest BCUT2D eigenvalue weighted by Crippen LogP contribution is 2.37. The molecule has 0 radical (unpaired) electrons. The first-order valence-electron chi connectivity index (χ1n) is 10.2. The minimum Gasteiger partial charge on any atom is -0.464 e. The number of rotatable bonds is 6. The average molecular weight is 449 g/mol. The van der Waals surface area contributed by atoms with E-state index in [2.05, 4.69) is 20.4 Å². The van der Waals surface area contributed by atoms with E-state index in [-0.39, 0.29) is 5.92 Å². The molecule has 1 aromatic carbocycles. The van der Waals surface area contributed by atoms with Crippen LogP contribution in [0.2, 0.25) is 0 Å². The molecule has 4 N–H and O–H groups in total. The molecule has 0 aliphatic heterocycles. The van der Waals surface area contributed by atoms with Crippen LogP contribution in [0.25, 0.3) is 22.0 Å². The molecular formula is C22H23N7O4. The van der Waals surface area contributed by atoms with Crippen LogP contribution >= 0.6 is 0 Å². The van der Waals surface area contributed by atoms with Crippen LogP contribution in [0.3, 0.4) is 0 Å². The first-order chi connectivity index (χ1) is 15.8. The molecule has 0 saturated heterocycles. The molecule has 0 atom stereocenters. The number of nitrogens with zero attached hydrogens (tertiary/aromatic N) is 5. The molecule has 11 heteroatoms. The Balaban J connectivity index is 1.85. The second kappa shape index (κ2) is 8.71. The Morgan fingerprint density at radius 3 is 2.67 bits per heavy atom. The summed E-state index contributed by atoms with van der Waals surface area (Å²) in [6.07, 6.45) is 3.30. The lowest BCUT2D eigenvalue weighted by molar-refractivity contribution is 0.197. The third-order valence-electron chi connectivity index (χ3n) is 5.11. The Labute approximate surface area is 188 Å². The summed E-state index contributed by atoms with van der Waals surface area (Å²) < 4.78 is 8.18. The van der Waals surface area contributed by atoms with Crippen LogP contribution in [0.4, 0.5) is 9.59 Å². The predicted octanol–water partition coefficient (Wildman–Crippen LogP) is 3.38. The third kappa shape index (κ3) is 4.13. The number of carbonyl (C=O) groups is 2. The van der Waals surface area contributed by atoms with Gasteiger partial charge >= 0.3 is 12.1 Å². The number of nitrogens with two attached hydrogens (primary N) is 1. The topological polar surface area (TPSA) is 150 Å². The molecule has 0 aliphatic carbocycles. The van der Waals surface area contributed by atoms with E-state index in [1.54, 1.807) is 24.3 Å². The van der Waals surface area contributed by atoms with Gasteiger partial charge < -0.3 is 20.9 Å². The predicted molar refractivity (Wildman–Crippen MR) is 121 cm³/mol. The number of nitrogens with one attached hydrogen (secondary N) is 1. The molecule has 170 valence electrons. The molecule has 0 unspecified atom stereocenters. The van der Waals surface area contributed by atoms with Crippen molar-refractivity contribution in [1.29, 1.82) is 0 Å².